The van der Waals surface area contributed by atoms with Crippen molar-refractivity contribution in [2.75, 3.05) is 11.1 Å². The van der Waals surface area contributed by atoms with Gasteiger partial charge in [-0.3, -0.25) is 0 Å². The smallest absolute Gasteiger partial charge is 0.0413 e. The lowest BCUT2D eigenvalue weighted by atomic mass is 9.94. The average molecular weight is 350 g/mol. The van der Waals surface area contributed by atoms with Crippen molar-refractivity contribution in [1.29, 1.82) is 0 Å². The van der Waals surface area contributed by atoms with E-state index in [0.29, 0.717) is 0 Å². The van der Waals surface area contributed by atoms with Gasteiger partial charge in [-0.1, -0.05) is 66.7 Å². The third-order valence-corrected chi connectivity index (χ3v) is 4.75. The van der Waals surface area contributed by atoms with Crippen LogP contribution in [0.5, 0.6) is 0 Å². The highest BCUT2D eigenvalue weighted by Crippen LogP contribution is 2.34. The SMILES string of the molecule is Cc1ccccc1Nc1ccc(-c2ccc(N)cc2-c2ccccc2)cc1. The Morgan fingerprint density at radius 1 is 0.630 bits per heavy atom. The predicted molar refractivity (Wildman–Crippen MR) is 116 cm³/mol. The molecule has 0 aliphatic heterocycles. The Hall–Kier alpha value is -3.52. The highest BCUT2D eigenvalue weighted by Gasteiger charge is 2.08. The monoisotopic (exact) mass is 350 g/mol. The Balaban J connectivity index is 1.68. The molecule has 132 valence electrons. The lowest BCUT2D eigenvalue weighted by Crippen LogP contribution is -1.93. The third kappa shape index (κ3) is 3.70. The van der Waals surface area contributed by atoms with E-state index in [1.54, 1.807) is 0 Å². The standard InChI is InChI=1S/C25H22N2/c1-18-7-5-6-10-25(18)27-22-14-11-20(12-15-22)23-16-13-21(26)17-24(23)19-8-3-2-4-9-19/h2-17,27H,26H2,1H3. The van der Waals surface area contributed by atoms with Crippen molar-refractivity contribution in [3.63, 3.8) is 0 Å². The van der Waals surface area contributed by atoms with Gasteiger partial charge in [-0.05, 0) is 65.1 Å². The second-order valence-electron chi connectivity index (χ2n) is 6.69. The van der Waals surface area contributed by atoms with E-state index in [1.165, 1.54) is 22.3 Å². The molecule has 0 aromatic heterocycles. The van der Waals surface area contributed by atoms with E-state index in [2.05, 4.69) is 85.0 Å². The number of hydrogen-bond donors (Lipinski definition) is 2. The number of aryl methyl sites for hydroxylation is 1. The number of para-hydroxylation sites is 1. The van der Waals surface area contributed by atoms with Gasteiger partial charge in [0.05, 0.1) is 0 Å². The Bertz CT molecular complexity index is 1050. The van der Waals surface area contributed by atoms with Crippen molar-refractivity contribution in [2.24, 2.45) is 0 Å². The molecule has 0 atom stereocenters. The third-order valence-electron chi connectivity index (χ3n) is 4.75. The van der Waals surface area contributed by atoms with Crippen LogP contribution in [0.2, 0.25) is 0 Å². The van der Waals surface area contributed by atoms with E-state index in [9.17, 15) is 0 Å². The number of nitrogens with one attached hydrogen (secondary N) is 1. The summed E-state index contributed by atoms with van der Waals surface area (Å²) in [4.78, 5) is 0. The Morgan fingerprint density at radius 3 is 2.04 bits per heavy atom. The molecular weight excluding hydrogens is 328 g/mol. The Labute approximate surface area is 160 Å². The lowest BCUT2D eigenvalue weighted by Gasteiger charge is -2.13. The van der Waals surface area contributed by atoms with Crippen LogP contribution in [0, 0.1) is 6.92 Å². The molecule has 0 spiro atoms. The lowest BCUT2D eigenvalue weighted by molar-refractivity contribution is 1.43. The average Bonchev–Trinajstić information content (AvgIpc) is 2.71. The number of rotatable bonds is 4. The molecule has 4 aromatic carbocycles. The first-order valence-electron chi connectivity index (χ1n) is 9.09. The molecule has 0 heterocycles. The molecule has 0 aliphatic rings. The summed E-state index contributed by atoms with van der Waals surface area (Å²) in [7, 11) is 0. The van der Waals surface area contributed by atoms with Crippen molar-refractivity contribution in [3.05, 3.63) is 103 Å². The van der Waals surface area contributed by atoms with Gasteiger partial charge >= 0.3 is 0 Å². The van der Waals surface area contributed by atoms with E-state index < -0.39 is 0 Å². The minimum absolute atomic E-state index is 0.774. The number of hydrogen-bond acceptors (Lipinski definition) is 2. The van der Waals surface area contributed by atoms with Gasteiger partial charge in [0, 0.05) is 17.1 Å². The molecule has 0 amide bonds. The maximum Gasteiger partial charge on any atom is 0.0413 e. The maximum atomic E-state index is 6.06. The van der Waals surface area contributed by atoms with Crippen molar-refractivity contribution in [1.82, 2.24) is 0 Å². The summed E-state index contributed by atoms with van der Waals surface area (Å²) in [5, 5.41) is 3.49. The summed E-state index contributed by atoms with van der Waals surface area (Å²) in [6.45, 7) is 2.11. The fourth-order valence-corrected chi connectivity index (χ4v) is 3.27. The molecule has 2 nitrogen and oxygen atoms in total. The Morgan fingerprint density at radius 2 is 1.30 bits per heavy atom. The van der Waals surface area contributed by atoms with E-state index >= 15 is 0 Å². The van der Waals surface area contributed by atoms with Gasteiger partial charge in [0.25, 0.3) is 0 Å². The minimum atomic E-state index is 0.774. The van der Waals surface area contributed by atoms with Gasteiger partial charge in [0.1, 0.15) is 0 Å². The summed E-state index contributed by atoms with van der Waals surface area (Å²) >= 11 is 0. The second kappa shape index (κ2) is 7.38. The molecule has 27 heavy (non-hydrogen) atoms. The van der Waals surface area contributed by atoms with Gasteiger partial charge in [0.2, 0.25) is 0 Å². The molecule has 0 fully saturated rings. The van der Waals surface area contributed by atoms with Crippen LogP contribution in [0.25, 0.3) is 22.3 Å². The van der Waals surface area contributed by atoms with E-state index in [4.69, 9.17) is 5.73 Å². The summed E-state index contributed by atoms with van der Waals surface area (Å²) in [6.07, 6.45) is 0. The quantitative estimate of drug-likeness (QED) is 0.404. The molecule has 0 radical (unpaired) electrons. The molecule has 0 saturated heterocycles. The Kier molecular flexibility index (Phi) is 4.63. The first-order chi connectivity index (χ1) is 13.2. The van der Waals surface area contributed by atoms with Crippen LogP contribution in [0.4, 0.5) is 17.1 Å². The van der Waals surface area contributed by atoms with Crippen LogP contribution < -0.4 is 11.1 Å². The summed E-state index contributed by atoms with van der Waals surface area (Å²) < 4.78 is 0. The largest absolute Gasteiger partial charge is 0.399 e. The zero-order valence-corrected chi connectivity index (χ0v) is 15.3. The van der Waals surface area contributed by atoms with E-state index in [0.717, 1.165) is 22.6 Å². The van der Waals surface area contributed by atoms with Gasteiger partial charge in [-0.25, -0.2) is 0 Å². The molecule has 0 bridgehead atoms. The van der Waals surface area contributed by atoms with E-state index in [1.807, 2.05) is 24.3 Å². The van der Waals surface area contributed by atoms with Crippen molar-refractivity contribution in [2.45, 2.75) is 6.92 Å². The van der Waals surface area contributed by atoms with Crippen LogP contribution in [-0.2, 0) is 0 Å². The van der Waals surface area contributed by atoms with Gasteiger partial charge in [-0.2, -0.15) is 0 Å². The number of nitrogens with two attached hydrogens (primary N) is 1. The molecule has 2 heteroatoms. The van der Waals surface area contributed by atoms with Gasteiger partial charge in [-0.15, -0.1) is 0 Å². The van der Waals surface area contributed by atoms with E-state index in [-0.39, 0.29) is 0 Å². The summed E-state index contributed by atoms with van der Waals surface area (Å²) in [5.74, 6) is 0. The molecule has 0 aliphatic carbocycles. The fourth-order valence-electron chi connectivity index (χ4n) is 3.27. The van der Waals surface area contributed by atoms with Crippen LogP contribution in [0.1, 0.15) is 5.56 Å². The highest BCUT2D eigenvalue weighted by atomic mass is 14.9. The first kappa shape index (κ1) is 16.9. The summed E-state index contributed by atoms with van der Waals surface area (Å²) in [6, 6.07) is 33.3. The predicted octanol–water partition coefficient (Wildman–Crippen LogP) is 6.65. The topological polar surface area (TPSA) is 38.0 Å². The van der Waals surface area contributed by atoms with Gasteiger partial charge in [0.15, 0.2) is 0 Å². The number of benzene rings is 4. The fraction of sp³-hybridized carbons (Fsp3) is 0.0400. The maximum absolute atomic E-state index is 6.06. The minimum Gasteiger partial charge on any atom is -0.399 e. The van der Waals surface area contributed by atoms with Crippen LogP contribution in [0.15, 0.2) is 97.1 Å². The number of nitrogen functional groups attached to an aromatic ring is 1. The second-order valence-corrected chi connectivity index (χ2v) is 6.69. The first-order valence-corrected chi connectivity index (χ1v) is 9.09. The van der Waals surface area contributed by atoms with Crippen LogP contribution in [0.3, 0.4) is 0 Å². The molecule has 0 saturated carbocycles. The molecular formula is C25H22N2. The van der Waals surface area contributed by atoms with Crippen molar-refractivity contribution >= 4 is 17.1 Å². The van der Waals surface area contributed by atoms with Crippen LogP contribution in [-0.4, -0.2) is 0 Å². The number of anilines is 3. The zero-order chi connectivity index (χ0) is 18.6. The molecule has 4 aromatic rings. The summed E-state index contributed by atoms with van der Waals surface area (Å²) in [5.41, 5.74) is 14.9. The van der Waals surface area contributed by atoms with Gasteiger partial charge < -0.3 is 11.1 Å². The molecule has 4 rings (SSSR count). The zero-order valence-electron chi connectivity index (χ0n) is 15.3. The normalized spacial score (nSPS) is 10.6. The van der Waals surface area contributed by atoms with Crippen molar-refractivity contribution in [3.8, 4) is 22.3 Å². The molecule has 0 unspecified atom stereocenters. The molecule has 3 N–H and O–H groups in total. The van der Waals surface area contributed by atoms with Crippen molar-refractivity contribution < 1.29 is 0 Å². The highest BCUT2D eigenvalue weighted by molar-refractivity contribution is 5.86. The van der Waals surface area contributed by atoms with Crippen LogP contribution >= 0.6 is 0 Å².